The third-order valence-electron chi connectivity index (χ3n) is 3.73. The number of nitrogens with zero attached hydrogens (tertiary/aromatic N) is 1. The number of rotatable bonds is 4. The number of morpholine rings is 1. The van der Waals surface area contributed by atoms with Crippen LogP contribution in [0.5, 0.6) is 0 Å². The molecule has 2 aliphatic heterocycles. The van der Waals surface area contributed by atoms with Crippen LogP contribution in [0.25, 0.3) is 0 Å². The second-order valence-electron chi connectivity index (χ2n) is 5.44. The van der Waals surface area contributed by atoms with Gasteiger partial charge in [0, 0.05) is 26.7 Å². The zero-order valence-corrected chi connectivity index (χ0v) is 11.2. The summed E-state index contributed by atoms with van der Waals surface area (Å²) in [6.07, 6.45) is 3.23. The van der Waals surface area contributed by atoms with Crippen molar-refractivity contribution in [3.8, 4) is 0 Å². The summed E-state index contributed by atoms with van der Waals surface area (Å²) in [5.74, 6) is 0.866. The first kappa shape index (κ1) is 13.3. The van der Waals surface area contributed by atoms with E-state index in [1.165, 1.54) is 32.5 Å². The zero-order chi connectivity index (χ0) is 12.1. The van der Waals surface area contributed by atoms with Crippen molar-refractivity contribution in [3.05, 3.63) is 0 Å². The van der Waals surface area contributed by atoms with Gasteiger partial charge in [0.15, 0.2) is 0 Å². The monoisotopic (exact) mass is 242 g/mol. The fourth-order valence-corrected chi connectivity index (χ4v) is 3.00. The Morgan fingerprint density at radius 1 is 1.29 bits per heavy atom. The largest absolute Gasteiger partial charge is 0.382 e. The Hall–Kier alpha value is -0.160. The number of ether oxygens (including phenoxy) is 2. The van der Waals surface area contributed by atoms with Crippen molar-refractivity contribution in [1.29, 1.82) is 0 Å². The van der Waals surface area contributed by atoms with Crippen LogP contribution in [0.15, 0.2) is 0 Å². The number of piperidine rings is 1. The highest BCUT2D eigenvalue weighted by Gasteiger charge is 2.27. The van der Waals surface area contributed by atoms with E-state index in [-0.39, 0.29) is 6.10 Å². The van der Waals surface area contributed by atoms with Crippen LogP contribution >= 0.6 is 0 Å². The molecule has 2 unspecified atom stereocenters. The van der Waals surface area contributed by atoms with Crippen molar-refractivity contribution in [3.63, 3.8) is 0 Å². The van der Waals surface area contributed by atoms with Crippen LogP contribution in [-0.2, 0) is 9.47 Å². The molecular weight excluding hydrogens is 216 g/mol. The highest BCUT2D eigenvalue weighted by Crippen LogP contribution is 2.17. The van der Waals surface area contributed by atoms with Crippen LogP contribution in [-0.4, -0.2) is 63.5 Å². The molecule has 0 amide bonds. The summed E-state index contributed by atoms with van der Waals surface area (Å²) < 4.78 is 11.1. The molecule has 2 rings (SSSR count). The number of hydrogen-bond acceptors (Lipinski definition) is 4. The highest BCUT2D eigenvalue weighted by atomic mass is 16.5. The Balaban J connectivity index is 1.78. The van der Waals surface area contributed by atoms with Crippen molar-refractivity contribution in [2.45, 2.75) is 32.0 Å². The van der Waals surface area contributed by atoms with Gasteiger partial charge in [0.25, 0.3) is 0 Å². The first-order valence-corrected chi connectivity index (χ1v) is 6.85. The van der Waals surface area contributed by atoms with Crippen molar-refractivity contribution >= 4 is 0 Å². The zero-order valence-electron chi connectivity index (χ0n) is 11.2. The molecule has 100 valence electrons. The topological polar surface area (TPSA) is 33.7 Å². The SMILES string of the molecule is COCC1CN(CC2CCNCC2)CC(C)O1. The molecule has 2 saturated heterocycles. The fraction of sp³-hybridized carbons (Fsp3) is 1.00. The second kappa shape index (κ2) is 6.69. The Bertz CT molecular complexity index is 219. The average molecular weight is 242 g/mol. The maximum atomic E-state index is 5.87. The second-order valence-corrected chi connectivity index (χ2v) is 5.44. The summed E-state index contributed by atoms with van der Waals surface area (Å²) in [7, 11) is 1.75. The molecule has 0 radical (unpaired) electrons. The first-order chi connectivity index (χ1) is 8.28. The number of nitrogens with one attached hydrogen (secondary N) is 1. The van der Waals surface area contributed by atoms with E-state index in [9.17, 15) is 0 Å². The van der Waals surface area contributed by atoms with E-state index in [4.69, 9.17) is 9.47 Å². The third-order valence-corrected chi connectivity index (χ3v) is 3.73. The summed E-state index contributed by atoms with van der Waals surface area (Å²) >= 11 is 0. The van der Waals surface area contributed by atoms with Gasteiger partial charge in [-0.3, -0.25) is 4.90 Å². The van der Waals surface area contributed by atoms with E-state index >= 15 is 0 Å². The van der Waals surface area contributed by atoms with E-state index < -0.39 is 0 Å². The van der Waals surface area contributed by atoms with Gasteiger partial charge in [0.2, 0.25) is 0 Å². The lowest BCUT2D eigenvalue weighted by molar-refractivity contribution is -0.104. The molecular formula is C13H26N2O2. The minimum Gasteiger partial charge on any atom is -0.382 e. The molecule has 4 nitrogen and oxygen atoms in total. The van der Waals surface area contributed by atoms with Crippen molar-refractivity contribution < 1.29 is 9.47 Å². The maximum Gasteiger partial charge on any atom is 0.0939 e. The lowest BCUT2D eigenvalue weighted by Gasteiger charge is -2.39. The Kier molecular flexibility index (Phi) is 5.22. The highest BCUT2D eigenvalue weighted by molar-refractivity contribution is 4.79. The van der Waals surface area contributed by atoms with Crippen LogP contribution in [0.4, 0.5) is 0 Å². The van der Waals surface area contributed by atoms with Gasteiger partial charge in [-0.25, -0.2) is 0 Å². The van der Waals surface area contributed by atoms with Crippen LogP contribution in [0, 0.1) is 5.92 Å². The predicted molar refractivity (Wildman–Crippen MR) is 68.2 cm³/mol. The average Bonchev–Trinajstić information content (AvgIpc) is 2.30. The van der Waals surface area contributed by atoms with Crippen molar-refractivity contribution in [2.24, 2.45) is 5.92 Å². The predicted octanol–water partition coefficient (Wildman–Crippen LogP) is 0.722. The van der Waals surface area contributed by atoms with Crippen LogP contribution in [0.2, 0.25) is 0 Å². The molecule has 0 saturated carbocycles. The molecule has 17 heavy (non-hydrogen) atoms. The Morgan fingerprint density at radius 3 is 2.76 bits per heavy atom. The van der Waals surface area contributed by atoms with Gasteiger partial charge in [-0.15, -0.1) is 0 Å². The van der Waals surface area contributed by atoms with Crippen molar-refractivity contribution in [1.82, 2.24) is 10.2 Å². The van der Waals surface area contributed by atoms with Crippen LogP contribution in [0.1, 0.15) is 19.8 Å². The maximum absolute atomic E-state index is 5.87. The summed E-state index contributed by atoms with van der Waals surface area (Å²) in [6, 6.07) is 0. The molecule has 4 heteroatoms. The fourth-order valence-electron chi connectivity index (χ4n) is 3.00. The van der Waals surface area contributed by atoms with E-state index in [0.29, 0.717) is 12.7 Å². The van der Waals surface area contributed by atoms with Gasteiger partial charge >= 0.3 is 0 Å². The standard InChI is InChI=1S/C13H26N2O2/c1-11-7-15(9-13(17-11)10-16-2)8-12-3-5-14-6-4-12/h11-14H,3-10H2,1-2H3. The summed E-state index contributed by atoms with van der Waals surface area (Å²) in [5.41, 5.74) is 0. The van der Waals surface area contributed by atoms with E-state index in [0.717, 1.165) is 19.0 Å². The number of hydrogen-bond donors (Lipinski definition) is 1. The first-order valence-electron chi connectivity index (χ1n) is 6.85. The molecule has 2 heterocycles. The molecule has 0 spiro atoms. The Morgan fingerprint density at radius 2 is 2.06 bits per heavy atom. The van der Waals surface area contributed by atoms with Gasteiger partial charge < -0.3 is 14.8 Å². The normalized spacial score (nSPS) is 32.8. The molecule has 0 aromatic heterocycles. The molecule has 0 aromatic rings. The number of methoxy groups -OCH3 is 1. The lowest BCUT2D eigenvalue weighted by Crippen LogP contribution is -2.50. The van der Waals surface area contributed by atoms with Crippen molar-refractivity contribution in [2.75, 3.05) is 46.4 Å². The molecule has 0 aliphatic carbocycles. The minimum absolute atomic E-state index is 0.255. The van der Waals surface area contributed by atoms with Gasteiger partial charge in [-0.1, -0.05) is 0 Å². The Labute approximate surface area is 105 Å². The summed E-state index contributed by atoms with van der Waals surface area (Å²) in [6.45, 7) is 8.59. The van der Waals surface area contributed by atoms with Gasteiger partial charge in [0.05, 0.1) is 18.8 Å². The quantitative estimate of drug-likeness (QED) is 0.788. The van der Waals surface area contributed by atoms with Crippen LogP contribution in [0.3, 0.4) is 0 Å². The van der Waals surface area contributed by atoms with E-state index in [1.807, 2.05) is 0 Å². The molecule has 2 atom stereocenters. The molecule has 0 bridgehead atoms. The molecule has 1 N–H and O–H groups in total. The minimum atomic E-state index is 0.255. The lowest BCUT2D eigenvalue weighted by atomic mass is 9.97. The molecule has 0 aromatic carbocycles. The molecule has 2 fully saturated rings. The summed E-state index contributed by atoms with van der Waals surface area (Å²) in [5, 5.41) is 3.43. The summed E-state index contributed by atoms with van der Waals surface area (Å²) in [4.78, 5) is 2.56. The van der Waals surface area contributed by atoms with E-state index in [2.05, 4.69) is 17.1 Å². The van der Waals surface area contributed by atoms with Gasteiger partial charge in [-0.05, 0) is 38.8 Å². The van der Waals surface area contributed by atoms with Gasteiger partial charge in [0.1, 0.15) is 0 Å². The third kappa shape index (κ3) is 4.21. The smallest absolute Gasteiger partial charge is 0.0939 e. The molecule has 2 aliphatic rings. The van der Waals surface area contributed by atoms with Gasteiger partial charge in [-0.2, -0.15) is 0 Å². The van der Waals surface area contributed by atoms with Crippen LogP contribution < -0.4 is 5.32 Å². The van der Waals surface area contributed by atoms with E-state index in [1.54, 1.807) is 7.11 Å².